The van der Waals surface area contributed by atoms with Gasteiger partial charge in [0.15, 0.2) is 0 Å². The van der Waals surface area contributed by atoms with Crippen LogP contribution >= 0.6 is 15.9 Å². The van der Waals surface area contributed by atoms with Gasteiger partial charge in [-0.2, -0.15) is 0 Å². The zero-order valence-corrected chi connectivity index (χ0v) is 20.1. The summed E-state index contributed by atoms with van der Waals surface area (Å²) in [4.78, 5) is 12.7. The smallest absolute Gasteiger partial charge is 0.268 e. The molecule has 9 heteroatoms. The summed E-state index contributed by atoms with van der Waals surface area (Å²) in [5, 5.41) is 2.44. The number of halogens is 2. The molecule has 3 aromatic rings. The van der Waals surface area contributed by atoms with Crippen molar-refractivity contribution in [3.05, 3.63) is 82.1 Å². The van der Waals surface area contributed by atoms with E-state index in [0.717, 1.165) is 15.4 Å². The minimum atomic E-state index is -4.19. The van der Waals surface area contributed by atoms with Gasteiger partial charge < -0.3 is 10.1 Å². The Morgan fingerprint density at radius 3 is 2.31 bits per heavy atom. The van der Waals surface area contributed by atoms with Gasteiger partial charge in [-0.25, -0.2) is 12.8 Å². The number of nitrogens with zero attached hydrogens (tertiary/aromatic N) is 1. The number of carbonyl (C=O) groups is 1. The van der Waals surface area contributed by atoms with Crippen molar-refractivity contribution in [2.45, 2.75) is 18.7 Å². The molecule has 0 saturated heterocycles. The van der Waals surface area contributed by atoms with Gasteiger partial charge in [-0.1, -0.05) is 39.7 Å². The van der Waals surface area contributed by atoms with Crippen LogP contribution in [0.2, 0.25) is 0 Å². The highest BCUT2D eigenvalue weighted by atomic mass is 79.9. The van der Waals surface area contributed by atoms with Gasteiger partial charge >= 0.3 is 0 Å². The Morgan fingerprint density at radius 1 is 1.03 bits per heavy atom. The zero-order chi connectivity index (χ0) is 23.5. The molecule has 0 heterocycles. The maximum absolute atomic E-state index is 14.2. The first-order chi connectivity index (χ1) is 15.1. The second-order valence-electron chi connectivity index (χ2n) is 7.17. The molecule has 0 radical (unpaired) electrons. The summed E-state index contributed by atoms with van der Waals surface area (Å²) in [6.07, 6.45) is 0. The van der Waals surface area contributed by atoms with E-state index in [9.17, 15) is 17.6 Å². The standard InChI is InChI=1S/C23H22BrFN2O4S/c1-15-4-8-18(9-5-15)27(14-23(28)26-20-10-7-17(24)13-19(20)25)32(29,30)22-12-16(2)6-11-21(22)31-3/h4-13H,14H2,1-3H3,(H,26,28). The molecule has 0 atom stereocenters. The lowest BCUT2D eigenvalue weighted by atomic mass is 10.2. The van der Waals surface area contributed by atoms with Crippen molar-refractivity contribution < 1.29 is 22.3 Å². The molecular weight excluding hydrogens is 499 g/mol. The minimum absolute atomic E-state index is 0.0485. The number of amides is 1. The van der Waals surface area contributed by atoms with E-state index in [4.69, 9.17) is 4.74 Å². The van der Waals surface area contributed by atoms with Crippen LogP contribution < -0.4 is 14.4 Å². The maximum atomic E-state index is 14.2. The topological polar surface area (TPSA) is 75.7 Å². The Labute approximate surface area is 195 Å². The highest BCUT2D eigenvalue weighted by Gasteiger charge is 2.30. The monoisotopic (exact) mass is 520 g/mol. The summed E-state index contributed by atoms with van der Waals surface area (Å²) in [5.41, 5.74) is 1.90. The van der Waals surface area contributed by atoms with E-state index in [1.54, 1.807) is 49.4 Å². The van der Waals surface area contributed by atoms with E-state index >= 15 is 0 Å². The molecular formula is C23H22BrFN2O4S. The molecule has 0 aliphatic carbocycles. The van der Waals surface area contributed by atoms with Crippen molar-refractivity contribution in [1.29, 1.82) is 0 Å². The number of nitrogens with one attached hydrogen (secondary N) is 1. The lowest BCUT2D eigenvalue weighted by Gasteiger charge is -2.25. The Bertz CT molecular complexity index is 1250. The summed E-state index contributed by atoms with van der Waals surface area (Å²) in [6, 6.07) is 15.7. The number of aryl methyl sites for hydroxylation is 2. The summed E-state index contributed by atoms with van der Waals surface area (Å²) in [6.45, 7) is 3.07. The molecule has 1 amide bonds. The maximum Gasteiger partial charge on any atom is 0.268 e. The lowest BCUT2D eigenvalue weighted by Crippen LogP contribution is -2.38. The zero-order valence-electron chi connectivity index (χ0n) is 17.7. The third-order valence-electron chi connectivity index (χ3n) is 4.70. The van der Waals surface area contributed by atoms with Crippen LogP contribution in [0.1, 0.15) is 11.1 Å². The summed E-state index contributed by atoms with van der Waals surface area (Å²) in [7, 11) is -2.81. The van der Waals surface area contributed by atoms with Crippen LogP contribution in [0.5, 0.6) is 5.75 Å². The number of anilines is 2. The molecule has 0 spiro atoms. The normalized spacial score (nSPS) is 11.2. The van der Waals surface area contributed by atoms with Crippen LogP contribution in [0.4, 0.5) is 15.8 Å². The minimum Gasteiger partial charge on any atom is -0.495 e. The van der Waals surface area contributed by atoms with E-state index in [0.29, 0.717) is 10.2 Å². The molecule has 0 aromatic heterocycles. The quantitative estimate of drug-likeness (QED) is 0.473. The molecule has 32 heavy (non-hydrogen) atoms. The van der Waals surface area contributed by atoms with Gasteiger partial charge in [0.25, 0.3) is 10.0 Å². The van der Waals surface area contributed by atoms with Crippen LogP contribution in [0.25, 0.3) is 0 Å². The first-order valence-corrected chi connectivity index (χ1v) is 11.8. The van der Waals surface area contributed by atoms with Crippen molar-refractivity contribution in [1.82, 2.24) is 0 Å². The number of rotatable bonds is 7. The fourth-order valence-corrected chi connectivity index (χ4v) is 5.04. The van der Waals surface area contributed by atoms with Crippen molar-refractivity contribution in [2.75, 3.05) is 23.3 Å². The van der Waals surface area contributed by atoms with E-state index in [2.05, 4.69) is 21.2 Å². The van der Waals surface area contributed by atoms with Gasteiger partial charge in [0.05, 0.1) is 18.5 Å². The van der Waals surface area contributed by atoms with E-state index < -0.39 is 28.3 Å². The van der Waals surface area contributed by atoms with Crippen molar-refractivity contribution >= 4 is 43.2 Å². The molecule has 3 aromatic carbocycles. The Hall–Kier alpha value is -2.91. The molecule has 0 bridgehead atoms. The van der Waals surface area contributed by atoms with E-state index in [1.807, 2.05) is 6.92 Å². The molecule has 0 aliphatic rings. The predicted octanol–water partition coefficient (Wildman–Crippen LogP) is 5.05. The second-order valence-corrected chi connectivity index (χ2v) is 9.92. The Morgan fingerprint density at radius 2 is 1.69 bits per heavy atom. The number of carbonyl (C=O) groups excluding carboxylic acids is 1. The van der Waals surface area contributed by atoms with Crippen LogP contribution in [0.3, 0.4) is 0 Å². The average Bonchev–Trinajstić information content (AvgIpc) is 2.74. The fraction of sp³-hybridized carbons (Fsp3) is 0.174. The van der Waals surface area contributed by atoms with Crippen molar-refractivity contribution in [2.24, 2.45) is 0 Å². The number of benzene rings is 3. The second kappa shape index (κ2) is 9.70. The first kappa shape index (κ1) is 23.7. The number of hydrogen-bond donors (Lipinski definition) is 1. The molecule has 0 unspecified atom stereocenters. The van der Waals surface area contributed by atoms with Gasteiger partial charge in [0, 0.05) is 4.47 Å². The third-order valence-corrected chi connectivity index (χ3v) is 6.99. The van der Waals surface area contributed by atoms with Gasteiger partial charge in [-0.05, 0) is 61.9 Å². The Balaban J connectivity index is 2.02. The van der Waals surface area contributed by atoms with Crippen LogP contribution in [-0.4, -0.2) is 28.0 Å². The van der Waals surface area contributed by atoms with Crippen LogP contribution in [0, 0.1) is 19.7 Å². The van der Waals surface area contributed by atoms with Gasteiger partial charge in [-0.3, -0.25) is 9.10 Å². The summed E-state index contributed by atoms with van der Waals surface area (Å²) >= 11 is 3.16. The highest BCUT2D eigenvalue weighted by Crippen LogP contribution is 2.31. The van der Waals surface area contributed by atoms with Crippen LogP contribution in [-0.2, 0) is 14.8 Å². The molecule has 6 nitrogen and oxygen atoms in total. The van der Waals surface area contributed by atoms with E-state index in [-0.39, 0.29) is 16.3 Å². The van der Waals surface area contributed by atoms with Gasteiger partial charge in [0.1, 0.15) is 23.0 Å². The molecule has 0 aliphatic heterocycles. The predicted molar refractivity (Wildman–Crippen MR) is 126 cm³/mol. The average molecular weight is 521 g/mol. The number of methoxy groups -OCH3 is 1. The van der Waals surface area contributed by atoms with Gasteiger partial charge in [-0.15, -0.1) is 0 Å². The van der Waals surface area contributed by atoms with Crippen molar-refractivity contribution in [3.8, 4) is 5.75 Å². The first-order valence-electron chi connectivity index (χ1n) is 9.61. The number of hydrogen-bond acceptors (Lipinski definition) is 4. The van der Waals surface area contributed by atoms with Gasteiger partial charge in [0.2, 0.25) is 5.91 Å². The molecule has 3 rings (SSSR count). The summed E-state index contributed by atoms with van der Waals surface area (Å²) < 4.78 is 48.2. The fourth-order valence-electron chi connectivity index (χ4n) is 3.04. The third kappa shape index (κ3) is 5.28. The molecule has 0 fully saturated rings. The summed E-state index contributed by atoms with van der Waals surface area (Å²) in [5.74, 6) is -1.17. The van der Waals surface area contributed by atoms with Crippen LogP contribution in [0.15, 0.2) is 70.0 Å². The van der Waals surface area contributed by atoms with Crippen molar-refractivity contribution in [3.63, 3.8) is 0 Å². The lowest BCUT2D eigenvalue weighted by molar-refractivity contribution is -0.114. The largest absolute Gasteiger partial charge is 0.495 e. The Kier molecular flexibility index (Phi) is 7.20. The number of sulfonamides is 1. The molecule has 0 saturated carbocycles. The SMILES string of the molecule is COc1ccc(C)cc1S(=O)(=O)N(CC(=O)Nc1ccc(Br)cc1F)c1ccc(C)cc1. The number of ether oxygens (including phenoxy) is 1. The molecule has 1 N–H and O–H groups in total. The molecule has 168 valence electrons. The van der Waals surface area contributed by atoms with E-state index in [1.165, 1.54) is 25.3 Å². The highest BCUT2D eigenvalue weighted by molar-refractivity contribution is 9.10.